The van der Waals surface area contributed by atoms with Gasteiger partial charge in [-0.05, 0) is 43.4 Å². The molecule has 1 heterocycles. The fourth-order valence-corrected chi connectivity index (χ4v) is 5.56. The van der Waals surface area contributed by atoms with Crippen LogP contribution in [-0.2, 0) is 21.2 Å². The molecule has 27 heavy (non-hydrogen) atoms. The smallest absolute Gasteiger partial charge is 0.305 e. The summed E-state index contributed by atoms with van der Waals surface area (Å²) in [5, 5.41) is 9.37. The molecule has 1 aliphatic heterocycles. The van der Waals surface area contributed by atoms with Crippen molar-refractivity contribution in [1.82, 2.24) is 4.72 Å². The van der Waals surface area contributed by atoms with Crippen LogP contribution in [0.2, 0.25) is 0 Å². The van der Waals surface area contributed by atoms with E-state index in [1.165, 1.54) is 0 Å². The van der Waals surface area contributed by atoms with E-state index in [-0.39, 0.29) is 11.3 Å². The van der Waals surface area contributed by atoms with Gasteiger partial charge in [0.1, 0.15) is 0 Å². The number of likely N-dealkylation sites (N-methyl/N-ethyl adjacent to an activating group) is 1. The topological polar surface area (TPSA) is 83.5 Å². The fourth-order valence-electron chi connectivity index (χ4n) is 4.13. The normalized spacial score (nSPS) is 22.5. The van der Waals surface area contributed by atoms with Gasteiger partial charge in [-0.25, -0.2) is 8.42 Å². The summed E-state index contributed by atoms with van der Waals surface area (Å²) >= 11 is 0. The molecule has 0 bridgehead atoms. The number of likely N-dealkylation sites (tertiary alicyclic amines) is 1. The SMILES string of the molecule is CCCCCc1ccc(S(=O)(=O)NC2(CC(=O)O)CCC[N+](C)(C)C2)cc1. The van der Waals surface area contributed by atoms with Crippen molar-refractivity contribution >= 4 is 16.0 Å². The molecule has 2 N–H and O–H groups in total. The van der Waals surface area contributed by atoms with Crippen molar-refractivity contribution in [3.8, 4) is 0 Å². The lowest BCUT2D eigenvalue weighted by Gasteiger charge is -2.45. The predicted molar refractivity (Wildman–Crippen MR) is 106 cm³/mol. The lowest BCUT2D eigenvalue weighted by Crippen LogP contribution is -2.64. The molecule has 1 saturated heterocycles. The quantitative estimate of drug-likeness (QED) is 0.496. The first-order chi connectivity index (χ1) is 12.6. The highest BCUT2D eigenvalue weighted by atomic mass is 32.2. The molecule has 1 aliphatic rings. The third kappa shape index (κ3) is 6.30. The van der Waals surface area contributed by atoms with Crippen molar-refractivity contribution in [2.24, 2.45) is 0 Å². The van der Waals surface area contributed by atoms with Gasteiger partial charge in [0.15, 0.2) is 0 Å². The van der Waals surface area contributed by atoms with E-state index < -0.39 is 21.5 Å². The summed E-state index contributed by atoms with van der Waals surface area (Å²) in [6.07, 6.45) is 5.47. The highest BCUT2D eigenvalue weighted by Crippen LogP contribution is 2.29. The molecule has 7 heteroatoms. The zero-order valence-corrected chi connectivity index (χ0v) is 17.5. The number of nitrogens with zero attached hydrogens (tertiary/aromatic N) is 1. The second-order valence-electron chi connectivity index (χ2n) is 8.48. The second kappa shape index (κ2) is 8.71. The summed E-state index contributed by atoms with van der Waals surface area (Å²) in [7, 11) is 0.239. The summed E-state index contributed by atoms with van der Waals surface area (Å²) in [5.41, 5.74) is 0.171. The van der Waals surface area contributed by atoms with Gasteiger partial charge in [0, 0.05) is 0 Å². The first-order valence-corrected chi connectivity index (χ1v) is 11.2. The Morgan fingerprint density at radius 2 is 1.89 bits per heavy atom. The Morgan fingerprint density at radius 1 is 1.22 bits per heavy atom. The van der Waals surface area contributed by atoms with Crippen molar-refractivity contribution in [3.63, 3.8) is 0 Å². The molecule has 0 spiro atoms. The molecular weight excluding hydrogens is 364 g/mol. The summed E-state index contributed by atoms with van der Waals surface area (Å²) in [4.78, 5) is 11.6. The van der Waals surface area contributed by atoms with Crippen molar-refractivity contribution in [1.29, 1.82) is 0 Å². The van der Waals surface area contributed by atoms with E-state index in [0.29, 0.717) is 17.4 Å². The number of quaternary nitrogens is 1. The average molecular weight is 398 g/mol. The molecule has 0 radical (unpaired) electrons. The van der Waals surface area contributed by atoms with Gasteiger partial charge in [-0.2, -0.15) is 4.72 Å². The highest BCUT2D eigenvalue weighted by molar-refractivity contribution is 7.89. The Balaban J connectivity index is 2.19. The van der Waals surface area contributed by atoms with Gasteiger partial charge in [-0.3, -0.25) is 4.79 Å². The number of sulfonamides is 1. The zero-order valence-electron chi connectivity index (χ0n) is 16.7. The lowest BCUT2D eigenvalue weighted by molar-refractivity contribution is -0.899. The highest BCUT2D eigenvalue weighted by Gasteiger charge is 2.45. The number of hydrogen-bond acceptors (Lipinski definition) is 3. The summed E-state index contributed by atoms with van der Waals surface area (Å²) < 4.78 is 29.3. The Kier molecular flexibility index (Phi) is 7.05. The first kappa shape index (κ1) is 21.9. The van der Waals surface area contributed by atoms with Crippen LogP contribution in [0.4, 0.5) is 0 Å². The van der Waals surface area contributed by atoms with Crippen LogP contribution in [0, 0.1) is 0 Å². The standard InChI is InChI=1S/C20H32N2O4S/c1-4-5-6-8-17-9-11-18(12-10-17)27(25,26)21-20(15-19(23)24)13-7-14-22(2,3)16-20/h9-12,21H,4-8,13-16H2,1-3H3/p+1. The number of carbonyl (C=O) groups is 1. The lowest BCUT2D eigenvalue weighted by atomic mass is 9.86. The number of aryl methyl sites for hydroxylation is 1. The Morgan fingerprint density at radius 3 is 2.44 bits per heavy atom. The average Bonchev–Trinajstić information content (AvgIpc) is 2.53. The maximum Gasteiger partial charge on any atom is 0.305 e. The van der Waals surface area contributed by atoms with Gasteiger partial charge >= 0.3 is 5.97 Å². The van der Waals surface area contributed by atoms with Gasteiger partial charge in [0.25, 0.3) is 0 Å². The third-order valence-corrected chi connectivity index (χ3v) is 6.89. The van der Waals surface area contributed by atoms with E-state index in [1.54, 1.807) is 12.1 Å². The summed E-state index contributed by atoms with van der Waals surface area (Å²) in [6, 6.07) is 6.96. The molecule has 0 saturated carbocycles. The van der Waals surface area contributed by atoms with Gasteiger partial charge < -0.3 is 9.59 Å². The summed E-state index contributed by atoms with van der Waals surface area (Å²) in [5.74, 6) is -0.981. The molecule has 2 rings (SSSR count). The van der Waals surface area contributed by atoms with E-state index in [4.69, 9.17) is 0 Å². The van der Waals surface area contributed by atoms with Crippen LogP contribution in [0.5, 0.6) is 0 Å². The fraction of sp³-hybridized carbons (Fsp3) is 0.650. The van der Waals surface area contributed by atoms with Crippen molar-refractivity contribution in [3.05, 3.63) is 29.8 Å². The molecule has 1 fully saturated rings. The molecule has 1 aromatic rings. The zero-order chi connectivity index (χ0) is 20.1. The van der Waals surface area contributed by atoms with Crippen LogP contribution >= 0.6 is 0 Å². The van der Waals surface area contributed by atoms with Crippen LogP contribution < -0.4 is 4.72 Å². The number of benzene rings is 1. The Hall–Kier alpha value is -1.44. The largest absolute Gasteiger partial charge is 0.481 e. The van der Waals surface area contributed by atoms with Gasteiger partial charge in [-0.15, -0.1) is 0 Å². The van der Waals surface area contributed by atoms with E-state index in [9.17, 15) is 18.3 Å². The number of rotatable bonds is 9. The maximum atomic E-state index is 13.0. The predicted octanol–water partition coefficient (Wildman–Crippen LogP) is 2.78. The molecule has 6 nitrogen and oxygen atoms in total. The molecular formula is C20H33N2O4S+. The van der Waals surface area contributed by atoms with E-state index in [1.807, 2.05) is 26.2 Å². The molecule has 0 amide bonds. The minimum Gasteiger partial charge on any atom is -0.481 e. The third-order valence-electron chi connectivity index (χ3n) is 5.29. The summed E-state index contributed by atoms with van der Waals surface area (Å²) in [6.45, 7) is 3.53. The van der Waals surface area contributed by atoms with Crippen molar-refractivity contribution < 1.29 is 22.8 Å². The van der Waals surface area contributed by atoms with E-state index >= 15 is 0 Å². The van der Waals surface area contributed by atoms with Gasteiger partial charge in [-0.1, -0.05) is 31.9 Å². The number of carboxylic acid groups (broad SMARTS) is 1. The monoisotopic (exact) mass is 397 g/mol. The number of piperidine rings is 1. The van der Waals surface area contributed by atoms with E-state index in [2.05, 4.69) is 11.6 Å². The minimum absolute atomic E-state index is 0.197. The number of carboxylic acids is 1. The molecule has 1 unspecified atom stereocenters. The van der Waals surface area contributed by atoms with E-state index in [0.717, 1.165) is 44.2 Å². The van der Waals surface area contributed by atoms with Gasteiger partial charge in [0.2, 0.25) is 10.0 Å². The minimum atomic E-state index is -3.78. The Bertz CT molecular complexity index is 744. The Labute approximate surface area is 163 Å². The van der Waals surface area contributed by atoms with Crippen LogP contribution in [0.1, 0.15) is 51.0 Å². The maximum absolute atomic E-state index is 13.0. The first-order valence-electron chi connectivity index (χ1n) is 9.74. The molecule has 152 valence electrons. The van der Waals surface area contributed by atoms with Crippen LogP contribution in [0.3, 0.4) is 0 Å². The van der Waals surface area contributed by atoms with Crippen molar-refractivity contribution in [2.75, 3.05) is 27.2 Å². The van der Waals surface area contributed by atoms with Crippen molar-refractivity contribution in [2.45, 2.75) is 62.3 Å². The number of hydrogen-bond donors (Lipinski definition) is 2. The molecule has 1 atom stereocenters. The molecule has 0 aromatic heterocycles. The molecule has 1 aromatic carbocycles. The van der Waals surface area contributed by atoms with Crippen LogP contribution in [0.25, 0.3) is 0 Å². The van der Waals surface area contributed by atoms with Gasteiger partial charge in [0.05, 0.1) is 44.0 Å². The molecule has 0 aliphatic carbocycles. The number of aliphatic carboxylic acids is 1. The number of unbranched alkanes of at least 4 members (excludes halogenated alkanes) is 2. The second-order valence-corrected chi connectivity index (χ2v) is 10.2. The van der Waals surface area contributed by atoms with Crippen LogP contribution in [0.15, 0.2) is 29.2 Å². The number of nitrogens with one attached hydrogen (secondary N) is 1. The van der Waals surface area contributed by atoms with Crippen LogP contribution in [-0.4, -0.2) is 56.7 Å².